The molecule has 5 nitrogen and oxygen atoms in total. The van der Waals surface area contributed by atoms with E-state index in [1.807, 2.05) is 0 Å². The summed E-state index contributed by atoms with van der Waals surface area (Å²) in [6, 6.07) is 0. The van der Waals surface area contributed by atoms with Crippen LogP contribution in [-0.2, 0) is 9.59 Å². The van der Waals surface area contributed by atoms with E-state index in [-0.39, 0.29) is 12.8 Å². The molecular weight excluding hydrogens is 265 g/mol. The number of rotatable bonds is 6. The molecule has 0 radical (unpaired) electrons. The van der Waals surface area contributed by atoms with Crippen LogP contribution >= 0.6 is 0 Å². The Bertz CT molecular complexity index is 317. The average Bonchev–Trinajstić information content (AvgIpc) is 2.22. The van der Waals surface area contributed by atoms with E-state index in [1.165, 1.54) is 21.0 Å². The molecule has 0 aliphatic carbocycles. The number of likely N-dealkylation sites (N-methyl/N-ethyl adjacent to an activating group) is 1. The number of carbonyl (C=O) groups excluding carboxylic acids is 2. The van der Waals surface area contributed by atoms with Gasteiger partial charge in [0, 0.05) is 20.5 Å². The van der Waals surface area contributed by atoms with Gasteiger partial charge < -0.3 is 14.9 Å². The maximum absolute atomic E-state index is 12.3. The smallest absolute Gasteiger partial charge is 0.393 e. The third-order valence-corrected chi connectivity index (χ3v) is 2.32. The number of carbonyl (C=O) groups is 2. The van der Waals surface area contributed by atoms with Crippen LogP contribution < -0.4 is 0 Å². The van der Waals surface area contributed by atoms with E-state index in [1.54, 1.807) is 0 Å². The molecule has 112 valence electrons. The molecule has 0 heterocycles. The molecule has 2 amide bonds. The second kappa shape index (κ2) is 7.32. The lowest BCUT2D eigenvalue weighted by Gasteiger charge is -2.25. The van der Waals surface area contributed by atoms with Crippen molar-refractivity contribution >= 4 is 11.8 Å². The Morgan fingerprint density at radius 3 is 2.11 bits per heavy atom. The Labute approximate surface area is 110 Å². The molecule has 0 spiro atoms. The van der Waals surface area contributed by atoms with Gasteiger partial charge in [0.05, 0.1) is 6.10 Å². The lowest BCUT2D eigenvalue weighted by Crippen LogP contribution is -2.44. The first-order chi connectivity index (χ1) is 8.53. The highest BCUT2D eigenvalue weighted by molar-refractivity contribution is 5.84. The molecule has 0 fully saturated rings. The highest BCUT2D eigenvalue weighted by Crippen LogP contribution is 2.17. The summed E-state index contributed by atoms with van der Waals surface area (Å²) in [5.41, 5.74) is 0. The SMILES string of the molecule is CC(O)CCC(=O)N(CC(=O)N(C)C)CC(F)(F)F. The average molecular weight is 284 g/mol. The zero-order valence-corrected chi connectivity index (χ0v) is 11.2. The van der Waals surface area contributed by atoms with Gasteiger partial charge in [-0.25, -0.2) is 0 Å². The largest absolute Gasteiger partial charge is 0.406 e. The Morgan fingerprint density at radius 1 is 1.21 bits per heavy atom. The Kier molecular flexibility index (Phi) is 6.82. The molecule has 0 aliphatic heterocycles. The Morgan fingerprint density at radius 2 is 1.74 bits per heavy atom. The van der Waals surface area contributed by atoms with Crippen molar-refractivity contribution in [2.75, 3.05) is 27.2 Å². The number of hydrogen-bond acceptors (Lipinski definition) is 3. The number of aliphatic hydroxyl groups is 1. The van der Waals surface area contributed by atoms with E-state index in [4.69, 9.17) is 5.11 Å². The van der Waals surface area contributed by atoms with Gasteiger partial charge in [0.2, 0.25) is 11.8 Å². The molecule has 0 aromatic rings. The van der Waals surface area contributed by atoms with Crippen LogP contribution in [0, 0.1) is 0 Å². The second-order valence-electron chi connectivity index (χ2n) is 4.54. The van der Waals surface area contributed by atoms with E-state index in [9.17, 15) is 22.8 Å². The van der Waals surface area contributed by atoms with E-state index in [0.29, 0.717) is 4.90 Å². The summed E-state index contributed by atoms with van der Waals surface area (Å²) in [6.07, 6.45) is -5.51. The molecular formula is C11H19F3N2O3. The van der Waals surface area contributed by atoms with E-state index in [2.05, 4.69) is 0 Å². The number of halogens is 3. The van der Waals surface area contributed by atoms with Gasteiger partial charge in [-0.3, -0.25) is 9.59 Å². The highest BCUT2D eigenvalue weighted by atomic mass is 19.4. The van der Waals surface area contributed by atoms with Crippen LogP contribution in [-0.4, -0.2) is 66.2 Å². The standard InChI is InChI=1S/C11H19F3N2O3/c1-8(17)4-5-9(18)16(7-11(12,13)14)6-10(19)15(2)3/h8,17H,4-7H2,1-3H3. The zero-order chi connectivity index (χ0) is 15.2. The van der Waals surface area contributed by atoms with Crippen LogP contribution in [0.4, 0.5) is 13.2 Å². The molecule has 0 aliphatic rings. The predicted molar refractivity (Wildman–Crippen MR) is 62.2 cm³/mol. The van der Waals surface area contributed by atoms with Gasteiger partial charge >= 0.3 is 6.18 Å². The quantitative estimate of drug-likeness (QED) is 0.778. The van der Waals surface area contributed by atoms with Crippen LogP contribution in [0.15, 0.2) is 0 Å². The van der Waals surface area contributed by atoms with Crippen molar-refractivity contribution in [2.24, 2.45) is 0 Å². The van der Waals surface area contributed by atoms with Crippen molar-refractivity contribution in [3.05, 3.63) is 0 Å². The minimum absolute atomic E-state index is 0.0589. The molecule has 0 bridgehead atoms. The highest BCUT2D eigenvalue weighted by Gasteiger charge is 2.33. The molecule has 19 heavy (non-hydrogen) atoms. The van der Waals surface area contributed by atoms with Gasteiger partial charge in [-0.2, -0.15) is 13.2 Å². The van der Waals surface area contributed by atoms with Crippen LogP contribution in [0.2, 0.25) is 0 Å². The minimum atomic E-state index is -4.56. The molecule has 1 N–H and O–H groups in total. The molecule has 0 aromatic heterocycles. The first-order valence-corrected chi connectivity index (χ1v) is 5.75. The maximum atomic E-state index is 12.3. The number of nitrogens with zero attached hydrogens (tertiary/aromatic N) is 2. The molecule has 0 rings (SSSR count). The summed E-state index contributed by atoms with van der Waals surface area (Å²) in [7, 11) is 2.79. The molecule has 0 saturated heterocycles. The van der Waals surface area contributed by atoms with Gasteiger partial charge in [-0.15, -0.1) is 0 Å². The first-order valence-electron chi connectivity index (χ1n) is 5.75. The zero-order valence-electron chi connectivity index (χ0n) is 11.2. The summed E-state index contributed by atoms with van der Waals surface area (Å²) < 4.78 is 37.0. The molecule has 0 aromatic carbocycles. The molecule has 8 heteroatoms. The van der Waals surface area contributed by atoms with Gasteiger partial charge in [0.1, 0.15) is 13.1 Å². The topological polar surface area (TPSA) is 60.9 Å². The number of aliphatic hydroxyl groups excluding tert-OH is 1. The minimum Gasteiger partial charge on any atom is -0.393 e. The molecule has 1 atom stereocenters. The summed E-state index contributed by atoms with van der Waals surface area (Å²) in [4.78, 5) is 24.6. The van der Waals surface area contributed by atoms with Crippen molar-refractivity contribution in [2.45, 2.75) is 32.0 Å². The third-order valence-electron chi connectivity index (χ3n) is 2.32. The van der Waals surface area contributed by atoms with E-state index in [0.717, 1.165) is 4.90 Å². The second-order valence-corrected chi connectivity index (χ2v) is 4.54. The number of hydrogen-bond donors (Lipinski definition) is 1. The normalized spacial score (nSPS) is 13.0. The van der Waals surface area contributed by atoms with Crippen molar-refractivity contribution in [3.8, 4) is 0 Å². The van der Waals surface area contributed by atoms with Crippen LogP contribution in [0.1, 0.15) is 19.8 Å². The Balaban J connectivity index is 4.66. The number of amides is 2. The van der Waals surface area contributed by atoms with Gasteiger partial charge in [-0.1, -0.05) is 0 Å². The summed E-state index contributed by atoms with van der Waals surface area (Å²) in [5, 5.41) is 9.02. The van der Waals surface area contributed by atoms with E-state index >= 15 is 0 Å². The predicted octanol–water partition coefficient (Wildman–Crippen LogP) is 0.627. The summed E-state index contributed by atoms with van der Waals surface area (Å²) in [5.74, 6) is -1.39. The van der Waals surface area contributed by atoms with Gasteiger partial charge in [0.15, 0.2) is 0 Å². The van der Waals surface area contributed by atoms with Crippen LogP contribution in [0.3, 0.4) is 0 Å². The lowest BCUT2D eigenvalue weighted by molar-refractivity contribution is -0.164. The van der Waals surface area contributed by atoms with Gasteiger partial charge in [0.25, 0.3) is 0 Å². The van der Waals surface area contributed by atoms with E-state index < -0.39 is 37.2 Å². The van der Waals surface area contributed by atoms with Gasteiger partial charge in [-0.05, 0) is 13.3 Å². The number of alkyl halides is 3. The molecule has 0 saturated carbocycles. The summed E-state index contributed by atoms with van der Waals surface area (Å²) >= 11 is 0. The Hall–Kier alpha value is -1.31. The van der Waals surface area contributed by atoms with Crippen LogP contribution in [0.5, 0.6) is 0 Å². The fraction of sp³-hybridized carbons (Fsp3) is 0.818. The van der Waals surface area contributed by atoms with Crippen molar-refractivity contribution in [1.29, 1.82) is 0 Å². The maximum Gasteiger partial charge on any atom is 0.406 e. The summed E-state index contributed by atoms with van der Waals surface area (Å²) in [6.45, 7) is -0.650. The fourth-order valence-electron chi connectivity index (χ4n) is 1.24. The lowest BCUT2D eigenvalue weighted by atomic mass is 10.2. The van der Waals surface area contributed by atoms with Crippen molar-refractivity contribution in [3.63, 3.8) is 0 Å². The monoisotopic (exact) mass is 284 g/mol. The fourth-order valence-corrected chi connectivity index (χ4v) is 1.24. The van der Waals surface area contributed by atoms with Crippen molar-refractivity contribution in [1.82, 2.24) is 9.80 Å². The van der Waals surface area contributed by atoms with Crippen LogP contribution in [0.25, 0.3) is 0 Å². The molecule has 1 unspecified atom stereocenters. The van der Waals surface area contributed by atoms with Crippen molar-refractivity contribution < 1.29 is 27.9 Å². The third kappa shape index (κ3) is 8.41. The first kappa shape index (κ1) is 17.7.